The van der Waals surface area contributed by atoms with Crippen molar-refractivity contribution in [3.05, 3.63) is 58.7 Å². The highest BCUT2D eigenvalue weighted by Crippen LogP contribution is 2.25. The number of hydrogen-bond acceptors (Lipinski definition) is 4. The van der Waals surface area contributed by atoms with Gasteiger partial charge in [-0.15, -0.1) is 0 Å². The fourth-order valence-corrected chi connectivity index (χ4v) is 3.82. The van der Waals surface area contributed by atoms with Gasteiger partial charge in [-0.25, -0.2) is 0 Å². The minimum absolute atomic E-state index is 0.0188. The molecule has 1 aliphatic heterocycles. The number of nitrogens with zero attached hydrogens (tertiary/aromatic N) is 2. The van der Waals surface area contributed by atoms with Gasteiger partial charge < -0.3 is 19.3 Å². The van der Waals surface area contributed by atoms with Crippen LogP contribution in [0.2, 0.25) is 0 Å². The summed E-state index contributed by atoms with van der Waals surface area (Å²) in [6.45, 7) is 8.44. The van der Waals surface area contributed by atoms with Gasteiger partial charge in [0.2, 0.25) is 5.91 Å². The number of carbonyl (C=O) groups excluding carboxylic acids is 2. The molecule has 3 rings (SSSR count). The second-order valence-electron chi connectivity index (χ2n) is 8.08. The lowest BCUT2D eigenvalue weighted by atomic mass is 10.1. The smallest absolute Gasteiger partial charge is 0.260 e. The molecule has 1 heterocycles. The van der Waals surface area contributed by atoms with Crippen LogP contribution in [0.3, 0.4) is 0 Å². The summed E-state index contributed by atoms with van der Waals surface area (Å²) >= 11 is 0. The number of ether oxygens (including phenoxy) is 2. The summed E-state index contributed by atoms with van der Waals surface area (Å²) in [5, 5.41) is 0. The SMILES string of the molecule is COc1ccc(CC(=O)N2CCCN(C(=O)COc3c(C)ccc(C)c3C)CC2)cc1. The molecular formula is C25H32N2O4. The summed E-state index contributed by atoms with van der Waals surface area (Å²) in [6.07, 6.45) is 1.12. The van der Waals surface area contributed by atoms with Crippen molar-refractivity contribution in [2.75, 3.05) is 39.9 Å². The van der Waals surface area contributed by atoms with E-state index in [2.05, 4.69) is 6.07 Å². The molecule has 0 aliphatic carbocycles. The maximum atomic E-state index is 12.7. The molecule has 31 heavy (non-hydrogen) atoms. The molecule has 0 saturated carbocycles. The lowest BCUT2D eigenvalue weighted by molar-refractivity contribution is -0.134. The average molecular weight is 425 g/mol. The van der Waals surface area contributed by atoms with E-state index in [0.29, 0.717) is 32.6 Å². The second kappa shape index (κ2) is 10.3. The van der Waals surface area contributed by atoms with Gasteiger partial charge in [-0.3, -0.25) is 9.59 Å². The van der Waals surface area contributed by atoms with Crippen molar-refractivity contribution in [1.82, 2.24) is 9.80 Å². The van der Waals surface area contributed by atoms with Crippen molar-refractivity contribution in [3.63, 3.8) is 0 Å². The van der Waals surface area contributed by atoms with Crippen LogP contribution in [0.15, 0.2) is 36.4 Å². The summed E-state index contributed by atoms with van der Waals surface area (Å²) in [7, 11) is 1.62. The number of methoxy groups -OCH3 is 1. The Kier molecular flexibility index (Phi) is 7.55. The summed E-state index contributed by atoms with van der Waals surface area (Å²) in [5.74, 6) is 1.62. The van der Waals surface area contributed by atoms with Gasteiger partial charge in [0.05, 0.1) is 13.5 Å². The third-order valence-corrected chi connectivity index (χ3v) is 5.93. The Morgan fingerprint density at radius 2 is 1.45 bits per heavy atom. The van der Waals surface area contributed by atoms with Crippen LogP contribution in [0.5, 0.6) is 11.5 Å². The van der Waals surface area contributed by atoms with Crippen molar-refractivity contribution < 1.29 is 19.1 Å². The molecule has 2 amide bonds. The molecule has 0 spiro atoms. The Labute approximate surface area is 184 Å². The average Bonchev–Trinajstić information content (AvgIpc) is 3.03. The van der Waals surface area contributed by atoms with Gasteiger partial charge >= 0.3 is 0 Å². The number of amides is 2. The highest BCUT2D eigenvalue weighted by atomic mass is 16.5. The lowest BCUT2D eigenvalue weighted by Crippen LogP contribution is -2.39. The van der Waals surface area contributed by atoms with Crippen LogP contribution in [0, 0.1) is 20.8 Å². The highest BCUT2D eigenvalue weighted by molar-refractivity contribution is 5.80. The van der Waals surface area contributed by atoms with Gasteiger partial charge in [-0.1, -0.05) is 24.3 Å². The summed E-state index contributed by atoms with van der Waals surface area (Å²) < 4.78 is 11.1. The van der Waals surface area contributed by atoms with E-state index in [9.17, 15) is 9.59 Å². The minimum atomic E-state index is -0.0373. The quantitative estimate of drug-likeness (QED) is 0.714. The van der Waals surface area contributed by atoms with Crippen molar-refractivity contribution in [1.29, 1.82) is 0 Å². The van der Waals surface area contributed by atoms with E-state index in [4.69, 9.17) is 9.47 Å². The lowest BCUT2D eigenvalue weighted by Gasteiger charge is -2.23. The molecule has 0 N–H and O–H groups in total. The molecule has 1 saturated heterocycles. The molecular weight excluding hydrogens is 392 g/mol. The molecule has 6 nitrogen and oxygen atoms in total. The number of aryl methyl sites for hydroxylation is 2. The molecule has 1 aliphatic rings. The van der Waals surface area contributed by atoms with Gasteiger partial charge in [-0.2, -0.15) is 0 Å². The normalized spacial score (nSPS) is 14.2. The Bertz CT molecular complexity index is 924. The van der Waals surface area contributed by atoms with Crippen LogP contribution >= 0.6 is 0 Å². The molecule has 2 aromatic rings. The summed E-state index contributed by atoms with van der Waals surface area (Å²) in [6, 6.07) is 11.6. The molecule has 0 atom stereocenters. The maximum Gasteiger partial charge on any atom is 0.260 e. The first-order chi connectivity index (χ1) is 14.9. The van der Waals surface area contributed by atoms with Crippen molar-refractivity contribution >= 4 is 11.8 Å². The van der Waals surface area contributed by atoms with E-state index in [1.54, 1.807) is 12.0 Å². The van der Waals surface area contributed by atoms with Crippen LogP contribution in [-0.2, 0) is 16.0 Å². The first-order valence-corrected chi connectivity index (χ1v) is 10.8. The highest BCUT2D eigenvalue weighted by Gasteiger charge is 2.23. The Balaban J connectivity index is 1.52. The van der Waals surface area contributed by atoms with E-state index < -0.39 is 0 Å². The monoisotopic (exact) mass is 424 g/mol. The van der Waals surface area contributed by atoms with Gasteiger partial charge in [0, 0.05) is 26.2 Å². The molecule has 0 unspecified atom stereocenters. The van der Waals surface area contributed by atoms with Gasteiger partial charge in [0.1, 0.15) is 11.5 Å². The zero-order valence-corrected chi connectivity index (χ0v) is 18.9. The molecule has 0 radical (unpaired) electrons. The largest absolute Gasteiger partial charge is 0.497 e. The number of benzene rings is 2. The number of rotatable bonds is 6. The fraction of sp³-hybridized carbons (Fsp3) is 0.440. The Morgan fingerprint density at radius 1 is 0.839 bits per heavy atom. The molecule has 166 valence electrons. The number of carbonyl (C=O) groups is 2. The van der Waals surface area contributed by atoms with Crippen LogP contribution in [0.4, 0.5) is 0 Å². The molecule has 1 fully saturated rings. The summed E-state index contributed by atoms with van der Waals surface area (Å²) in [5.41, 5.74) is 4.20. The topological polar surface area (TPSA) is 59.1 Å². The van der Waals surface area contributed by atoms with E-state index in [-0.39, 0.29) is 18.4 Å². The predicted molar refractivity (Wildman–Crippen MR) is 121 cm³/mol. The number of hydrogen-bond donors (Lipinski definition) is 0. The standard InChI is InChI=1S/C25H32N2O4/c1-18-6-7-19(2)25(20(18)3)31-17-24(29)27-13-5-12-26(14-15-27)23(28)16-21-8-10-22(30-4)11-9-21/h6-11H,5,12-17H2,1-4H3. The van der Waals surface area contributed by atoms with E-state index in [1.165, 1.54) is 0 Å². The first kappa shape index (κ1) is 22.7. The maximum absolute atomic E-state index is 12.7. The van der Waals surface area contributed by atoms with E-state index >= 15 is 0 Å². The van der Waals surface area contributed by atoms with Crippen molar-refractivity contribution in [2.24, 2.45) is 0 Å². The zero-order chi connectivity index (χ0) is 22.4. The van der Waals surface area contributed by atoms with Crippen molar-refractivity contribution in [3.8, 4) is 11.5 Å². The summed E-state index contributed by atoms with van der Waals surface area (Å²) in [4.78, 5) is 29.1. The molecule has 0 bridgehead atoms. The molecule has 6 heteroatoms. The van der Waals surface area contributed by atoms with E-state index in [1.807, 2.05) is 56.0 Å². The predicted octanol–water partition coefficient (Wildman–Crippen LogP) is 3.30. The van der Waals surface area contributed by atoms with Gasteiger partial charge in [0.15, 0.2) is 6.61 Å². The first-order valence-electron chi connectivity index (χ1n) is 10.8. The third kappa shape index (κ3) is 5.78. The minimum Gasteiger partial charge on any atom is -0.497 e. The zero-order valence-electron chi connectivity index (χ0n) is 18.9. The van der Waals surface area contributed by atoms with Crippen molar-refractivity contribution in [2.45, 2.75) is 33.6 Å². The fourth-order valence-electron chi connectivity index (χ4n) is 3.82. The van der Waals surface area contributed by atoms with Crippen LogP contribution in [-0.4, -0.2) is 61.5 Å². The molecule has 2 aromatic carbocycles. The van der Waals surface area contributed by atoms with E-state index in [0.717, 1.165) is 40.2 Å². The van der Waals surface area contributed by atoms with Gasteiger partial charge in [0.25, 0.3) is 5.91 Å². The second-order valence-corrected chi connectivity index (χ2v) is 8.08. The molecule has 0 aromatic heterocycles. The Morgan fingerprint density at radius 3 is 2.10 bits per heavy atom. The van der Waals surface area contributed by atoms with Crippen LogP contribution in [0.25, 0.3) is 0 Å². The van der Waals surface area contributed by atoms with Gasteiger partial charge in [-0.05, 0) is 61.6 Å². The van der Waals surface area contributed by atoms with Crippen LogP contribution < -0.4 is 9.47 Å². The third-order valence-electron chi connectivity index (χ3n) is 5.93. The van der Waals surface area contributed by atoms with Crippen LogP contribution in [0.1, 0.15) is 28.7 Å². The Hall–Kier alpha value is -3.02.